The first-order chi connectivity index (χ1) is 14.7. The van der Waals surface area contributed by atoms with Crippen molar-refractivity contribution in [3.63, 3.8) is 0 Å². The monoisotopic (exact) mass is 417 g/mol. The lowest BCUT2D eigenvalue weighted by atomic mass is 9.99. The predicted molar refractivity (Wildman–Crippen MR) is 123 cm³/mol. The lowest BCUT2D eigenvalue weighted by molar-refractivity contribution is 0.206. The maximum Gasteiger partial charge on any atom is 0.191 e. The average Bonchev–Trinajstić information content (AvgIpc) is 2.78. The molecular formula is C23H39N5O2. The van der Waals surface area contributed by atoms with E-state index in [1.165, 1.54) is 50.0 Å². The lowest BCUT2D eigenvalue weighted by Crippen LogP contribution is -2.50. The molecule has 3 rings (SSSR count). The van der Waals surface area contributed by atoms with Gasteiger partial charge in [0.05, 0.1) is 14.2 Å². The van der Waals surface area contributed by atoms with Crippen molar-refractivity contribution in [3.05, 3.63) is 23.3 Å². The zero-order valence-corrected chi connectivity index (χ0v) is 19.2. The van der Waals surface area contributed by atoms with Crippen molar-refractivity contribution < 1.29 is 9.47 Å². The number of hydrogen-bond acceptors (Lipinski definition) is 5. The number of nitrogens with zero attached hydrogens (tertiary/aromatic N) is 3. The van der Waals surface area contributed by atoms with Crippen molar-refractivity contribution in [2.45, 2.75) is 45.2 Å². The fourth-order valence-electron chi connectivity index (χ4n) is 4.47. The highest BCUT2D eigenvalue weighted by molar-refractivity contribution is 5.79. The number of hydrogen-bond donors (Lipinski definition) is 2. The summed E-state index contributed by atoms with van der Waals surface area (Å²) in [5.41, 5.74) is 2.70. The Morgan fingerprint density at radius 2 is 1.73 bits per heavy atom. The number of nitrogens with one attached hydrogen (secondary N) is 2. The van der Waals surface area contributed by atoms with E-state index >= 15 is 0 Å². The van der Waals surface area contributed by atoms with Crippen LogP contribution < -0.4 is 20.1 Å². The number of ether oxygens (including phenoxy) is 2. The van der Waals surface area contributed by atoms with Crippen LogP contribution in [0.2, 0.25) is 0 Å². The van der Waals surface area contributed by atoms with Gasteiger partial charge >= 0.3 is 0 Å². The van der Waals surface area contributed by atoms with Crippen LogP contribution in [0.1, 0.15) is 37.3 Å². The molecule has 1 aromatic carbocycles. The maximum atomic E-state index is 5.47. The van der Waals surface area contributed by atoms with Crippen LogP contribution in [0.15, 0.2) is 17.1 Å². The number of likely N-dealkylation sites (tertiary alicyclic amines) is 1. The molecule has 1 fully saturated rings. The lowest BCUT2D eigenvalue weighted by Gasteiger charge is -2.33. The molecular weight excluding hydrogens is 378 g/mol. The molecule has 0 aliphatic carbocycles. The van der Waals surface area contributed by atoms with Crippen LogP contribution in [-0.2, 0) is 13.0 Å². The van der Waals surface area contributed by atoms with Gasteiger partial charge in [-0.25, -0.2) is 0 Å². The molecule has 30 heavy (non-hydrogen) atoms. The van der Waals surface area contributed by atoms with Crippen LogP contribution in [-0.4, -0.2) is 82.3 Å². The topological polar surface area (TPSA) is 61.4 Å². The van der Waals surface area contributed by atoms with Crippen molar-refractivity contribution in [2.75, 3.05) is 60.5 Å². The molecule has 1 aromatic rings. The highest BCUT2D eigenvalue weighted by atomic mass is 16.5. The molecule has 2 heterocycles. The predicted octanol–water partition coefficient (Wildman–Crippen LogP) is 2.10. The third-order valence-electron chi connectivity index (χ3n) is 6.21. The third kappa shape index (κ3) is 6.01. The smallest absolute Gasteiger partial charge is 0.191 e. The first kappa shape index (κ1) is 22.7. The first-order valence-electron chi connectivity index (χ1n) is 11.3. The van der Waals surface area contributed by atoms with Gasteiger partial charge in [0.1, 0.15) is 0 Å². The standard InChI is InChI=1S/C23H39N5O2/c1-5-10-27-12-7-20(8-13-27)26-23(24-2)25-9-14-28-11-6-18-15-21(29-3)22(30-4)16-19(18)17-28/h15-16,20H,5-14,17H2,1-4H3,(H2,24,25,26). The average molecular weight is 418 g/mol. The molecule has 2 aliphatic heterocycles. The van der Waals surface area contributed by atoms with Crippen molar-refractivity contribution in [1.82, 2.24) is 20.4 Å². The quantitative estimate of drug-likeness (QED) is 0.499. The van der Waals surface area contributed by atoms with E-state index < -0.39 is 0 Å². The zero-order valence-electron chi connectivity index (χ0n) is 19.2. The molecule has 1 saturated heterocycles. The van der Waals surface area contributed by atoms with Crippen molar-refractivity contribution in [3.8, 4) is 11.5 Å². The second kappa shape index (κ2) is 11.4. The molecule has 0 unspecified atom stereocenters. The highest BCUT2D eigenvalue weighted by Crippen LogP contribution is 2.33. The summed E-state index contributed by atoms with van der Waals surface area (Å²) in [6, 6.07) is 4.77. The first-order valence-corrected chi connectivity index (χ1v) is 11.3. The van der Waals surface area contributed by atoms with Crippen LogP contribution in [0.3, 0.4) is 0 Å². The summed E-state index contributed by atoms with van der Waals surface area (Å²) < 4.78 is 10.9. The molecule has 2 N–H and O–H groups in total. The Kier molecular flexibility index (Phi) is 8.63. The SMILES string of the molecule is CCCN1CCC(NC(=NC)NCCN2CCc3cc(OC)c(OC)cc3C2)CC1. The van der Waals surface area contributed by atoms with Crippen LogP contribution in [0, 0.1) is 0 Å². The summed E-state index contributed by atoms with van der Waals surface area (Å²) in [7, 11) is 5.25. The van der Waals surface area contributed by atoms with Gasteiger partial charge in [0.2, 0.25) is 0 Å². The number of fused-ring (bicyclic) bond motifs is 1. The van der Waals surface area contributed by atoms with E-state index in [1.807, 2.05) is 7.05 Å². The van der Waals surface area contributed by atoms with Gasteiger partial charge in [-0.3, -0.25) is 9.89 Å². The van der Waals surface area contributed by atoms with Crippen LogP contribution in [0.5, 0.6) is 11.5 Å². The largest absolute Gasteiger partial charge is 0.493 e. The Labute approximate surface area is 181 Å². The fraction of sp³-hybridized carbons (Fsp3) is 0.696. The number of piperidine rings is 1. The van der Waals surface area contributed by atoms with Crippen molar-refractivity contribution in [2.24, 2.45) is 4.99 Å². The molecule has 0 spiro atoms. The molecule has 0 amide bonds. The third-order valence-corrected chi connectivity index (χ3v) is 6.21. The molecule has 2 aliphatic rings. The van der Waals surface area contributed by atoms with E-state index in [-0.39, 0.29) is 0 Å². The molecule has 0 radical (unpaired) electrons. The van der Waals surface area contributed by atoms with Crippen molar-refractivity contribution >= 4 is 5.96 Å². The summed E-state index contributed by atoms with van der Waals surface area (Å²) in [6.07, 6.45) is 4.66. The van der Waals surface area contributed by atoms with E-state index in [2.05, 4.69) is 44.5 Å². The molecule has 168 valence electrons. The van der Waals surface area contributed by atoms with Gasteiger partial charge in [-0.15, -0.1) is 0 Å². The number of benzene rings is 1. The Morgan fingerprint density at radius 1 is 1.03 bits per heavy atom. The Morgan fingerprint density at radius 3 is 2.37 bits per heavy atom. The molecule has 7 heteroatoms. The normalized spacial score (nSPS) is 18.7. The van der Waals surface area contributed by atoms with Crippen LogP contribution in [0.25, 0.3) is 0 Å². The summed E-state index contributed by atoms with van der Waals surface area (Å²) in [6.45, 7) is 9.72. The molecule has 0 bridgehead atoms. The minimum absolute atomic E-state index is 0.522. The van der Waals surface area contributed by atoms with Gasteiger partial charge in [-0.05, 0) is 55.5 Å². The van der Waals surface area contributed by atoms with Crippen molar-refractivity contribution in [1.29, 1.82) is 0 Å². The number of methoxy groups -OCH3 is 2. The summed E-state index contributed by atoms with van der Waals surface area (Å²) >= 11 is 0. The summed E-state index contributed by atoms with van der Waals surface area (Å²) in [5.74, 6) is 2.56. The van der Waals surface area contributed by atoms with Crippen LogP contribution >= 0.6 is 0 Å². The van der Waals surface area contributed by atoms with Gasteiger partial charge in [0.15, 0.2) is 17.5 Å². The Hall–Kier alpha value is -1.99. The van der Waals surface area contributed by atoms with E-state index in [1.54, 1.807) is 14.2 Å². The van der Waals surface area contributed by atoms with Crippen LogP contribution in [0.4, 0.5) is 0 Å². The summed E-state index contributed by atoms with van der Waals surface area (Å²) in [4.78, 5) is 9.48. The van der Waals surface area contributed by atoms with E-state index in [0.29, 0.717) is 6.04 Å². The summed E-state index contributed by atoms with van der Waals surface area (Å²) in [5, 5.41) is 7.12. The van der Waals surface area contributed by atoms with Gasteiger partial charge in [-0.2, -0.15) is 0 Å². The molecule has 0 atom stereocenters. The zero-order chi connectivity index (χ0) is 21.3. The fourth-order valence-corrected chi connectivity index (χ4v) is 4.47. The second-order valence-corrected chi connectivity index (χ2v) is 8.26. The van der Waals surface area contributed by atoms with Gasteiger partial charge < -0.3 is 25.0 Å². The van der Waals surface area contributed by atoms with Gasteiger partial charge in [0, 0.05) is 52.4 Å². The minimum Gasteiger partial charge on any atom is -0.493 e. The molecule has 0 aromatic heterocycles. The Bertz CT molecular complexity index is 701. The number of rotatable bonds is 8. The Balaban J connectivity index is 1.43. The minimum atomic E-state index is 0.522. The molecule has 0 saturated carbocycles. The van der Waals surface area contributed by atoms with E-state index in [9.17, 15) is 0 Å². The van der Waals surface area contributed by atoms with Gasteiger partial charge in [-0.1, -0.05) is 6.92 Å². The maximum absolute atomic E-state index is 5.47. The van der Waals surface area contributed by atoms with Gasteiger partial charge in [0.25, 0.3) is 0 Å². The number of guanidine groups is 1. The highest BCUT2D eigenvalue weighted by Gasteiger charge is 2.21. The van der Waals surface area contributed by atoms with E-state index in [0.717, 1.165) is 50.1 Å². The second-order valence-electron chi connectivity index (χ2n) is 8.26. The number of aliphatic imine (C=N–C) groups is 1. The molecule has 7 nitrogen and oxygen atoms in total. The van der Waals surface area contributed by atoms with E-state index in [4.69, 9.17) is 9.47 Å².